The number of aryl methyl sites for hydroxylation is 1. The lowest BCUT2D eigenvalue weighted by Gasteiger charge is -2.38. The van der Waals surface area contributed by atoms with Crippen LogP contribution in [-0.4, -0.2) is 12.9 Å². The van der Waals surface area contributed by atoms with Gasteiger partial charge in [-0.3, -0.25) is 0 Å². The number of benzene rings is 1. The quantitative estimate of drug-likeness (QED) is 0.728. The van der Waals surface area contributed by atoms with Crippen LogP contribution in [0.25, 0.3) is 0 Å². The maximum Gasteiger partial charge on any atom is 0.230 e. The second kappa shape index (κ2) is 4.77. The van der Waals surface area contributed by atoms with Gasteiger partial charge in [-0.2, -0.15) is 0 Å². The van der Waals surface area contributed by atoms with Gasteiger partial charge in [-0.1, -0.05) is 24.6 Å². The number of allylic oxidation sites excluding steroid dienone is 1. The summed E-state index contributed by atoms with van der Waals surface area (Å²) in [5.41, 5.74) is 3.70. The first-order valence-corrected chi connectivity index (χ1v) is 6.46. The van der Waals surface area contributed by atoms with E-state index in [9.17, 15) is 0 Å². The summed E-state index contributed by atoms with van der Waals surface area (Å²) in [5.74, 6) is 0.775. The van der Waals surface area contributed by atoms with Crippen molar-refractivity contribution >= 4 is 0 Å². The number of fused-ring (bicyclic) bond motifs is 1. The van der Waals surface area contributed by atoms with Crippen LogP contribution in [0.5, 0.6) is 5.75 Å². The molecular formula is C16H22O2. The van der Waals surface area contributed by atoms with Gasteiger partial charge in [0.2, 0.25) is 5.79 Å². The monoisotopic (exact) mass is 246 g/mol. The van der Waals surface area contributed by atoms with E-state index < -0.39 is 5.79 Å². The molecule has 1 aliphatic heterocycles. The topological polar surface area (TPSA) is 18.5 Å². The first-order valence-electron chi connectivity index (χ1n) is 6.46. The molecule has 0 aliphatic carbocycles. The van der Waals surface area contributed by atoms with E-state index in [2.05, 4.69) is 52.0 Å². The molecule has 0 unspecified atom stereocenters. The highest BCUT2D eigenvalue weighted by molar-refractivity contribution is 5.42. The SMILES string of the molecule is CO[C@]1(C=C(C)C)C[C@@H](C)c2ccc(C)cc2O1. The molecule has 0 fully saturated rings. The van der Waals surface area contributed by atoms with E-state index in [1.54, 1.807) is 7.11 Å². The van der Waals surface area contributed by atoms with Crippen LogP contribution in [0.15, 0.2) is 29.8 Å². The molecule has 1 heterocycles. The zero-order valence-corrected chi connectivity index (χ0v) is 11.9. The third-order valence-electron chi connectivity index (χ3n) is 3.43. The smallest absolute Gasteiger partial charge is 0.230 e. The predicted octanol–water partition coefficient (Wildman–Crippen LogP) is 4.19. The molecule has 0 spiro atoms. The van der Waals surface area contributed by atoms with E-state index in [1.165, 1.54) is 16.7 Å². The van der Waals surface area contributed by atoms with Crippen molar-refractivity contribution in [2.45, 2.75) is 45.8 Å². The standard InChI is InChI=1S/C16H22O2/c1-11(2)9-16(17-5)10-13(4)14-7-6-12(3)8-15(14)18-16/h6-9,13H,10H2,1-5H3/t13-,16+/m1/s1. The minimum atomic E-state index is -0.612. The highest BCUT2D eigenvalue weighted by Crippen LogP contribution is 2.42. The van der Waals surface area contributed by atoms with Gasteiger partial charge < -0.3 is 9.47 Å². The zero-order chi connectivity index (χ0) is 13.3. The summed E-state index contributed by atoms with van der Waals surface area (Å²) in [4.78, 5) is 0. The van der Waals surface area contributed by atoms with Crippen LogP contribution in [0.2, 0.25) is 0 Å². The highest BCUT2D eigenvalue weighted by atomic mass is 16.7. The molecule has 98 valence electrons. The molecule has 2 heteroatoms. The Morgan fingerprint density at radius 1 is 1.44 bits per heavy atom. The Kier molecular flexibility index (Phi) is 3.49. The molecule has 1 aromatic rings. The molecule has 18 heavy (non-hydrogen) atoms. The minimum Gasteiger partial charge on any atom is -0.458 e. The van der Waals surface area contributed by atoms with Crippen molar-refractivity contribution in [3.05, 3.63) is 41.0 Å². The summed E-state index contributed by atoms with van der Waals surface area (Å²) < 4.78 is 11.8. The number of hydrogen-bond acceptors (Lipinski definition) is 2. The lowest BCUT2D eigenvalue weighted by Crippen LogP contribution is -2.41. The number of hydrogen-bond donors (Lipinski definition) is 0. The summed E-state index contributed by atoms with van der Waals surface area (Å²) >= 11 is 0. The van der Waals surface area contributed by atoms with Crippen molar-refractivity contribution in [1.82, 2.24) is 0 Å². The first-order chi connectivity index (χ1) is 8.46. The van der Waals surface area contributed by atoms with Crippen LogP contribution >= 0.6 is 0 Å². The minimum absolute atomic E-state index is 0.435. The summed E-state index contributed by atoms with van der Waals surface area (Å²) in [6, 6.07) is 6.40. The fourth-order valence-corrected chi connectivity index (χ4v) is 2.61. The van der Waals surface area contributed by atoms with Gasteiger partial charge in [0.25, 0.3) is 0 Å². The summed E-state index contributed by atoms with van der Waals surface area (Å²) in [7, 11) is 1.72. The van der Waals surface area contributed by atoms with Gasteiger partial charge in [-0.25, -0.2) is 0 Å². The van der Waals surface area contributed by atoms with Crippen molar-refractivity contribution in [3.63, 3.8) is 0 Å². The van der Waals surface area contributed by atoms with Crippen molar-refractivity contribution in [3.8, 4) is 5.75 Å². The molecule has 0 amide bonds. The third-order valence-corrected chi connectivity index (χ3v) is 3.43. The fourth-order valence-electron chi connectivity index (χ4n) is 2.61. The van der Waals surface area contributed by atoms with Gasteiger partial charge >= 0.3 is 0 Å². The Labute approximate surface area is 110 Å². The van der Waals surface area contributed by atoms with Crippen LogP contribution in [0, 0.1) is 6.92 Å². The van der Waals surface area contributed by atoms with Gasteiger partial charge in [-0.05, 0) is 50.0 Å². The van der Waals surface area contributed by atoms with E-state index in [4.69, 9.17) is 9.47 Å². The first kappa shape index (κ1) is 13.2. The molecule has 1 aliphatic rings. The molecule has 2 nitrogen and oxygen atoms in total. The van der Waals surface area contributed by atoms with Gasteiger partial charge in [0.1, 0.15) is 5.75 Å². The molecule has 0 radical (unpaired) electrons. The third kappa shape index (κ3) is 2.44. The van der Waals surface area contributed by atoms with Crippen molar-refractivity contribution in [1.29, 1.82) is 0 Å². The average Bonchev–Trinajstić information content (AvgIpc) is 2.27. The maximum absolute atomic E-state index is 6.13. The molecule has 1 aromatic carbocycles. The maximum atomic E-state index is 6.13. The molecule has 0 saturated heterocycles. The van der Waals surface area contributed by atoms with E-state index in [1.807, 2.05) is 0 Å². The summed E-state index contributed by atoms with van der Waals surface area (Å²) in [6.45, 7) is 8.45. The summed E-state index contributed by atoms with van der Waals surface area (Å²) in [5, 5.41) is 0. The molecule has 0 saturated carbocycles. The predicted molar refractivity (Wildman–Crippen MR) is 74.0 cm³/mol. The van der Waals surface area contributed by atoms with E-state index in [0.717, 1.165) is 12.2 Å². The van der Waals surface area contributed by atoms with E-state index in [-0.39, 0.29) is 0 Å². The number of ether oxygens (including phenoxy) is 2. The van der Waals surface area contributed by atoms with Crippen LogP contribution in [-0.2, 0) is 4.74 Å². The van der Waals surface area contributed by atoms with Crippen molar-refractivity contribution < 1.29 is 9.47 Å². The Balaban J connectivity index is 2.44. The molecule has 2 atom stereocenters. The lowest BCUT2D eigenvalue weighted by molar-refractivity contribution is -0.141. The highest BCUT2D eigenvalue weighted by Gasteiger charge is 2.37. The zero-order valence-electron chi connectivity index (χ0n) is 11.9. The number of rotatable bonds is 2. The molecule has 0 bridgehead atoms. The van der Waals surface area contributed by atoms with E-state index in [0.29, 0.717) is 5.92 Å². The van der Waals surface area contributed by atoms with Gasteiger partial charge in [0, 0.05) is 13.5 Å². The molecule has 0 N–H and O–H groups in total. The second-order valence-electron chi connectivity index (χ2n) is 5.49. The van der Waals surface area contributed by atoms with Crippen LogP contribution in [0.3, 0.4) is 0 Å². The molecule has 0 aromatic heterocycles. The largest absolute Gasteiger partial charge is 0.458 e. The normalized spacial score (nSPS) is 26.2. The summed E-state index contributed by atoms with van der Waals surface area (Å²) in [6.07, 6.45) is 2.93. The molecule has 2 rings (SSSR count). The van der Waals surface area contributed by atoms with Gasteiger partial charge in [0.05, 0.1) is 0 Å². The lowest BCUT2D eigenvalue weighted by atomic mass is 9.88. The average molecular weight is 246 g/mol. The second-order valence-corrected chi connectivity index (χ2v) is 5.49. The van der Waals surface area contributed by atoms with E-state index >= 15 is 0 Å². The van der Waals surface area contributed by atoms with Crippen molar-refractivity contribution in [2.75, 3.05) is 7.11 Å². The fraction of sp³-hybridized carbons (Fsp3) is 0.500. The van der Waals surface area contributed by atoms with Crippen LogP contribution in [0.1, 0.15) is 44.2 Å². The Hall–Kier alpha value is -1.28. The molecular weight excluding hydrogens is 224 g/mol. The Morgan fingerprint density at radius 2 is 2.17 bits per heavy atom. The number of methoxy groups -OCH3 is 1. The van der Waals surface area contributed by atoms with Crippen LogP contribution in [0.4, 0.5) is 0 Å². The van der Waals surface area contributed by atoms with Crippen LogP contribution < -0.4 is 4.74 Å². The van der Waals surface area contributed by atoms with Gasteiger partial charge in [0.15, 0.2) is 0 Å². The Morgan fingerprint density at radius 3 is 2.78 bits per heavy atom. The van der Waals surface area contributed by atoms with Gasteiger partial charge in [-0.15, -0.1) is 0 Å². The Bertz CT molecular complexity index is 472. The van der Waals surface area contributed by atoms with Crippen molar-refractivity contribution in [2.24, 2.45) is 0 Å².